The molecule has 0 nitrogen and oxygen atoms in total. The van der Waals surface area contributed by atoms with Crippen molar-refractivity contribution in [2.45, 2.75) is 0 Å². The first-order valence-electron chi connectivity index (χ1n) is 28.4. The molecule has 0 amide bonds. The third kappa shape index (κ3) is 4.10. The van der Waals surface area contributed by atoms with Crippen molar-refractivity contribution in [2.75, 3.05) is 0 Å². The molecule has 0 aliphatic carbocycles. The van der Waals surface area contributed by atoms with Crippen molar-refractivity contribution < 1.29 is 38.4 Å². The highest BCUT2D eigenvalue weighted by Gasteiger charge is 2.17. The average Bonchev–Trinajstić information content (AvgIpc) is 3.52. The van der Waals surface area contributed by atoms with E-state index in [1.807, 2.05) is 0 Å². The van der Waals surface area contributed by atoms with Crippen LogP contribution in [0.25, 0.3) is 98.0 Å². The minimum Gasteiger partial charge on any atom is -0.0616 e. The van der Waals surface area contributed by atoms with Gasteiger partial charge in [-0.3, -0.25) is 0 Å². The summed E-state index contributed by atoms with van der Waals surface area (Å²) < 4.78 is 252. The highest BCUT2D eigenvalue weighted by Crippen LogP contribution is 2.45. The summed E-state index contributed by atoms with van der Waals surface area (Å²) >= 11 is 0. The zero-order chi connectivity index (χ0) is 56.0. The third-order valence-electron chi connectivity index (χ3n) is 8.09. The molecule has 10 aromatic carbocycles. The zero-order valence-electron chi connectivity index (χ0n) is 52.2. The summed E-state index contributed by atoms with van der Waals surface area (Å²) in [4.78, 5) is 0. The molecule has 48 heavy (non-hydrogen) atoms. The zero-order valence-corrected chi connectivity index (χ0v) is 24.2. The molecule has 0 bridgehead atoms. The van der Waals surface area contributed by atoms with Crippen LogP contribution in [0.15, 0.2) is 181 Å². The third-order valence-corrected chi connectivity index (χ3v) is 8.09. The fourth-order valence-electron chi connectivity index (χ4n) is 6.02. The highest BCUT2D eigenvalue weighted by molar-refractivity contribution is 6.22. The lowest BCUT2D eigenvalue weighted by Gasteiger charge is -2.18. The summed E-state index contributed by atoms with van der Waals surface area (Å²) in [6, 6.07) is -21.5. The number of rotatable bonds is 3. The Morgan fingerprint density at radius 1 is 0.271 bits per heavy atom. The quantitative estimate of drug-likeness (QED) is 0.134. The number of hydrogen-bond acceptors (Lipinski definition) is 0. The maximum absolute atomic E-state index is 9.81. The van der Waals surface area contributed by atoms with Crippen molar-refractivity contribution >= 4 is 64.6 Å². The van der Waals surface area contributed by atoms with E-state index in [1.165, 1.54) is 0 Å². The molecule has 0 unspecified atom stereocenters. The van der Waals surface area contributed by atoms with Crippen LogP contribution in [0.1, 0.15) is 38.4 Å². The van der Waals surface area contributed by atoms with E-state index >= 15 is 0 Å². The lowest BCUT2D eigenvalue weighted by molar-refractivity contribution is 1.64. The van der Waals surface area contributed by atoms with Gasteiger partial charge in [-0.05, 0) is 110 Å². The second-order valence-corrected chi connectivity index (χ2v) is 10.7. The van der Waals surface area contributed by atoms with Gasteiger partial charge in [-0.25, -0.2) is 0 Å². The van der Waals surface area contributed by atoms with Crippen LogP contribution in [0.5, 0.6) is 0 Å². The normalized spacial score (nSPS) is 19.9. The Labute approximate surface area is 318 Å². The first-order valence-corrected chi connectivity index (χ1v) is 14.4. The molecular weight excluding hydrogens is 577 g/mol. The maximum atomic E-state index is 9.81. The van der Waals surface area contributed by atoms with Crippen LogP contribution in [0, 0.1) is 0 Å². The summed E-state index contributed by atoms with van der Waals surface area (Å²) in [5.74, 6) is 0. The van der Waals surface area contributed by atoms with E-state index in [0.717, 1.165) is 12.1 Å². The molecule has 0 heterocycles. The smallest absolute Gasteiger partial charge is 0.0616 e. The molecule has 0 aliphatic heterocycles. The van der Waals surface area contributed by atoms with Gasteiger partial charge in [0.2, 0.25) is 0 Å². The van der Waals surface area contributed by atoms with E-state index in [4.69, 9.17) is 24.7 Å². The number of benzene rings is 10. The molecule has 10 rings (SSSR count). The van der Waals surface area contributed by atoms with Gasteiger partial charge in [-0.1, -0.05) is 169 Å². The number of hydrogen-bond donors (Lipinski definition) is 0. The van der Waals surface area contributed by atoms with Crippen molar-refractivity contribution in [1.82, 2.24) is 0 Å². The fraction of sp³-hybridized carbons (Fsp3) is 0. The molecule has 0 atom stereocenters. The van der Waals surface area contributed by atoms with Gasteiger partial charge in [0.1, 0.15) is 0 Å². The molecule has 0 saturated heterocycles. The summed E-state index contributed by atoms with van der Waals surface area (Å²) in [5.41, 5.74) is -3.59. The van der Waals surface area contributed by atoms with Gasteiger partial charge in [-0.2, -0.15) is 0 Å². The lowest BCUT2D eigenvalue weighted by atomic mass is 9.85. The molecule has 0 fully saturated rings. The molecule has 0 aromatic heterocycles. The topological polar surface area (TPSA) is 0 Å². The van der Waals surface area contributed by atoms with Crippen LogP contribution in [-0.4, -0.2) is 0 Å². The maximum Gasteiger partial charge on any atom is 0.0636 e. The van der Waals surface area contributed by atoms with Crippen LogP contribution in [0.2, 0.25) is 0 Å². The van der Waals surface area contributed by atoms with Gasteiger partial charge in [0.25, 0.3) is 0 Å². The molecule has 0 spiro atoms. The van der Waals surface area contributed by atoms with Gasteiger partial charge >= 0.3 is 0 Å². The van der Waals surface area contributed by atoms with Crippen molar-refractivity contribution in [1.29, 1.82) is 0 Å². The Balaban J connectivity index is 1.44. The van der Waals surface area contributed by atoms with E-state index in [1.54, 1.807) is 0 Å². The highest BCUT2D eigenvalue weighted by atomic mass is 14.2. The Morgan fingerprint density at radius 3 is 1.54 bits per heavy atom. The first kappa shape index (κ1) is 11.2. The van der Waals surface area contributed by atoms with Gasteiger partial charge in [0.15, 0.2) is 0 Å². The Bertz CT molecular complexity index is 4490. The van der Waals surface area contributed by atoms with Crippen molar-refractivity contribution in [3.8, 4) is 33.4 Å². The minimum atomic E-state index is -0.960. The van der Waals surface area contributed by atoms with Gasteiger partial charge < -0.3 is 0 Å². The Kier molecular flexibility index (Phi) is 2.48. The molecule has 0 heteroatoms. The van der Waals surface area contributed by atoms with E-state index in [9.17, 15) is 13.7 Å². The summed E-state index contributed by atoms with van der Waals surface area (Å²) in [5, 5.41) is -6.37. The van der Waals surface area contributed by atoms with Gasteiger partial charge in [0, 0.05) is 0 Å². The summed E-state index contributed by atoms with van der Waals surface area (Å²) in [7, 11) is 0. The van der Waals surface area contributed by atoms with E-state index in [2.05, 4.69) is 0 Å². The second-order valence-electron chi connectivity index (χ2n) is 10.7. The molecular formula is C48H30. The molecule has 0 aliphatic rings. The van der Waals surface area contributed by atoms with E-state index in [-0.39, 0.29) is 0 Å². The van der Waals surface area contributed by atoms with Crippen LogP contribution >= 0.6 is 0 Å². The van der Waals surface area contributed by atoms with Gasteiger partial charge in [0.05, 0.1) is 38.4 Å². The van der Waals surface area contributed by atoms with Crippen molar-refractivity contribution in [2.24, 2.45) is 0 Å². The van der Waals surface area contributed by atoms with Crippen molar-refractivity contribution in [3.63, 3.8) is 0 Å². The molecule has 0 radical (unpaired) electrons. The van der Waals surface area contributed by atoms with Crippen LogP contribution in [0.3, 0.4) is 0 Å². The molecule has 10 aromatic rings. The Morgan fingerprint density at radius 2 is 0.771 bits per heavy atom. The standard InChI is InChI=1S/C48H30/c1-3-13-37-31(11-1)21-22-32-25-28-36(30-45(32)37)48-43-19-9-7-17-41(43)47(42-18-8-10-20-44(42)48)34-26-23-33(24-27-34)46-29-35-12-2-4-14-38(35)39-15-5-6-16-40(39)46/h1-30H/i1D,2D,3D,4D,5D,6D,7D,8D,9D,10D,11D,12D,13D,14D,15D,16D,17D,19D,20D,21D,22D,23D,25D,26D,27D,28D,29D,30D. The van der Waals surface area contributed by atoms with Gasteiger partial charge in [-0.15, -0.1) is 0 Å². The van der Waals surface area contributed by atoms with Crippen LogP contribution in [-0.2, 0) is 0 Å². The minimum absolute atomic E-state index is 0.435. The van der Waals surface area contributed by atoms with E-state index < -0.39 is 267 Å². The van der Waals surface area contributed by atoms with Crippen molar-refractivity contribution in [3.05, 3.63) is 181 Å². The molecule has 0 saturated carbocycles. The molecule has 222 valence electrons. The monoisotopic (exact) mass is 634 g/mol. The average molecular weight is 635 g/mol. The Hall–Kier alpha value is -6.24. The summed E-state index contributed by atoms with van der Waals surface area (Å²) in [6.45, 7) is 0. The van der Waals surface area contributed by atoms with E-state index in [0.29, 0.717) is 0 Å². The summed E-state index contributed by atoms with van der Waals surface area (Å²) in [6.07, 6.45) is 0. The SMILES string of the molecule is [2H]c1cc2c(-c3c([2H])cc(-c4c([2H])c5c([2H])c([2H])c([2H])c([2H])c5c5c([2H])c([2H])c([2H])c([2H])c45)c([2H])c3[2H])c3c([2H])c([2H])c([2H])c([2H])c3c(-c3c([2H])c([2H])c4c([2H])c([2H])c5c([2H])c([2H])c([2H])c([2H])c5c4c3[2H])c2c([2H])c1[2H]. The first-order chi connectivity index (χ1) is 35.5. The van der Waals surface area contributed by atoms with Crippen LogP contribution in [0.4, 0.5) is 0 Å². The largest absolute Gasteiger partial charge is 0.0636 e. The predicted molar refractivity (Wildman–Crippen MR) is 208 cm³/mol. The predicted octanol–water partition coefficient (Wildman–Crippen LogP) is 13.6. The fourth-order valence-corrected chi connectivity index (χ4v) is 6.02. The lowest BCUT2D eigenvalue weighted by Crippen LogP contribution is -1.91. The van der Waals surface area contributed by atoms with Crippen LogP contribution < -0.4 is 0 Å². The molecule has 0 N–H and O–H groups in total. The number of fused-ring (bicyclic) bond motifs is 8. The second kappa shape index (κ2) is 10.7.